The predicted octanol–water partition coefficient (Wildman–Crippen LogP) is 3.90. The number of aryl methyl sites for hydroxylation is 1. The first-order valence-corrected chi connectivity index (χ1v) is 11.8. The molecule has 10 heteroatoms. The van der Waals surface area contributed by atoms with Gasteiger partial charge in [-0.25, -0.2) is 9.78 Å². The van der Waals surface area contributed by atoms with Gasteiger partial charge in [-0.3, -0.25) is 14.2 Å². The number of esters is 1. The predicted molar refractivity (Wildman–Crippen MR) is 135 cm³/mol. The first-order valence-electron chi connectivity index (χ1n) is 11.0. The molecule has 0 fully saturated rings. The summed E-state index contributed by atoms with van der Waals surface area (Å²) in [7, 11) is 2.97. The Balaban J connectivity index is 1.49. The molecular formula is C26H24N2O7S. The highest BCUT2D eigenvalue weighted by Crippen LogP contribution is 2.28. The molecule has 0 aliphatic carbocycles. The lowest BCUT2D eigenvalue weighted by Crippen LogP contribution is -2.25. The third-order valence-electron chi connectivity index (χ3n) is 5.45. The van der Waals surface area contributed by atoms with Crippen molar-refractivity contribution in [3.63, 3.8) is 0 Å². The fourth-order valence-electron chi connectivity index (χ4n) is 3.61. The first-order chi connectivity index (χ1) is 17.4. The SMILES string of the molecule is COc1ccc(C(=O)Cn2cnc3sc(C(=O)OCCOc4ccccc4)c(C)c3c2=O)c(OC)c1. The summed E-state index contributed by atoms with van der Waals surface area (Å²) in [5, 5.41) is 0.282. The minimum Gasteiger partial charge on any atom is -0.497 e. The van der Waals surface area contributed by atoms with Crippen LogP contribution in [0.3, 0.4) is 0 Å². The quantitative estimate of drug-likeness (QED) is 0.180. The van der Waals surface area contributed by atoms with Crippen molar-refractivity contribution in [1.29, 1.82) is 0 Å². The van der Waals surface area contributed by atoms with Crippen LogP contribution in [-0.4, -0.2) is 48.7 Å². The number of methoxy groups -OCH3 is 2. The van der Waals surface area contributed by atoms with Gasteiger partial charge < -0.3 is 18.9 Å². The van der Waals surface area contributed by atoms with Crippen molar-refractivity contribution in [2.45, 2.75) is 13.5 Å². The number of hydrogen-bond donors (Lipinski definition) is 0. The lowest BCUT2D eigenvalue weighted by Gasteiger charge is -2.10. The van der Waals surface area contributed by atoms with Gasteiger partial charge >= 0.3 is 5.97 Å². The summed E-state index contributed by atoms with van der Waals surface area (Å²) in [6, 6.07) is 14.0. The number of aromatic nitrogens is 2. The normalized spacial score (nSPS) is 10.8. The van der Waals surface area contributed by atoms with Gasteiger partial charge in [0.1, 0.15) is 40.2 Å². The first kappa shape index (κ1) is 24.9. The highest BCUT2D eigenvalue weighted by Gasteiger charge is 2.22. The second-order valence-electron chi connectivity index (χ2n) is 7.70. The van der Waals surface area contributed by atoms with E-state index in [-0.39, 0.29) is 35.8 Å². The van der Waals surface area contributed by atoms with Crippen molar-refractivity contribution in [2.75, 3.05) is 27.4 Å². The van der Waals surface area contributed by atoms with Gasteiger partial charge in [0.15, 0.2) is 5.78 Å². The van der Waals surface area contributed by atoms with Gasteiger partial charge in [0.05, 0.1) is 38.0 Å². The molecule has 0 bridgehead atoms. The molecule has 36 heavy (non-hydrogen) atoms. The largest absolute Gasteiger partial charge is 0.497 e. The molecule has 0 saturated heterocycles. The lowest BCUT2D eigenvalue weighted by molar-refractivity contribution is 0.0455. The maximum absolute atomic E-state index is 13.2. The molecule has 4 aromatic rings. The number of carbonyl (C=O) groups is 2. The van der Waals surface area contributed by atoms with Gasteiger partial charge in [-0.05, 0) is 36.8 Å². The highest BCUT2D eigenvalue weighted by atomic mass is 32.1. The fourth-order valence-corrected chi connectivity index (χ4v) is 4.64. The number of nitrogens with zero attached hydrogens (tertiary/aromatic N) is 2. The molecule has 0 radical (unpaired) electrons. The van der Waals surface area contributed by atoms with Crippen molar-refractivity contribution in [2.24, 2.45) is 0 Å². The number of carbonyl (C=O) groups excluding carboxylic acids is 2. The van der Waals surface area contributed by atoms with Crippen LogP contribution in [0.15, 0.2) is 59.7 Å². The summed E-state index contributed by atoms with van der Waals surface area (Å²) in [6.45, 7) is 1.67. The van der Waals surface area contributed by atoms with Crippen LogP contribution in [0.1, 0.15) is 25.6 Å². The second kappa shape index (κ2) is 11.0. The van der Waals surface area contributed by atoms with Crippen LogP contribution in [0.2, 0.25) is 0 Å². The zero-order chi connectivity index (χ0) is 25.7. The summed E-state index contributed by atoms with van der Waals surface area (Å²) < 4.78 is 22.5. The molecule has 0 aliphatic rings. The van der Waals surface area contributed by atoms with Gasteiger partial charge in [0.2, 0.25) is 0 Å². The number of ether oxygens (including phenoxy) is 4. The van der Waals surface area contributed by atoms with E-state index < -0.39 is 11.5 Å². The van der Waals surface area contributed by atoms with Gasteiger partial charge in [-0.2, -0.15) is 0 Å². The summed E-state index contributed by atoms with van der Waals surface area (Å²) in [5.74, 6) is 0.678. The summed E-state index contributed by atoms with van der Waals surface area (Å²) in [6.07, 6.45) is 1.30. The molecule has 0 N–H and O–H groups in total. The van der Waals surface area contributed by atoms with E-state index in [1.165, 1.54) is 25.1 Å². The summed E-state index contributed by atoms with van der Waals surface area (Å²) in [5.41, 5.74) is 0.362. The monoisotopic (exact) mass is 508 g/mol. The molecule has 2 aromatic heterocycles. The summed E-state index contributed by atoms with van der Waals surface area (Å²) in [4.78, 5) is 43.8. The van der Waals surface area contributed by atoms with Crippen LogP contribution >= 0.6 is 11.3 Å². The van der Waals surface area contributed by atoms with Crippen LogP contribution in [0.5, 0.6) is 17.2 Å². The number of benzene rings is 2. The Morgan fingerprint density at radius 3 is 2.50 bits per heavy atom. The molecule has 0 aliphatic heterocycles. The van der Waals surface area contributed by atoms with Crippen molar-refractivity contribution >= 4 is 33.3 Å². The fraction of sp³-hybridized carbons (Fsp3) is 0.231. The molecule has 9 nitrogen and oxygen atoms in total. The Morgan fingerprint density at radius 1 is 1.00 bits per heavy atom. The van der Waals surface area contributed by atoms with Gasteiger partial charge in [-0.15, -0.1) is 11.3 Å². The maximum atomic E-state index is 13.2. The van der Waals surface area contributed by atoms with Gasteiger partial charge in [-0.1, -0.05) is 18.2 Å². The van der Waals surface area contributed by atoms with Crippen LogP contribution < -0.4 is 19.8 Å². The molecular weight excluding hydrogens is 484 g/mol. The lowest BCUT2D eigenvalue weighted by atomic mass is 10.1. The Kier molecular flexibility index (Phi) is 7.65. The number of fused-ring (bicyclic) bond motifs is 1. The maximum Gasteiger partial charge on any atom is 0.348 e. The van der Waals surface area contributed by atoms with Crippen molar-refractivity contribution in [1.82, 2.24) is 9.55 Å². The van der Waals surface area contributed by atoms with Crippen molar-refractivity contribution < 1.29 is 28.5 Å². The minimum atomic E-state index is -0.558. The van der Waals surface area contributed by atoms with E-state index in [1.807, 2.05) is 30.3 Å². The number of thiophene rings is 1. The highest BCUT2D eigenvalue weighted by molar-refractivity contribution is 7.20. The molecule has 186 valence electrons. The third kappa shape index (κ3) is 5.23. The summed E-state index contributed by atoms with van der Waals surface area (Å²) >= 11 is 1.08. The topological polar surface area (TPSA) is 106 Å². The molecule has 2 heterocycles. The van der Waals surface area contributed by atoms with Gasteiger partial charge in [0, 0.05) is 6.07 Å². The average molecular weight is 509 g/mol. The molecule has 4 rings (SSSR count). The van der Waals surface area contributed by atoms with E-state index in [1.54, 1.807) is 25.1 Å². The molecule has 0 amide bonds. The number of hydrogen-bond acceptors (Lipinski definition) is 9. The number of ketones is 1. The smallest absolute Gasteiger partial charge is 0.348 e. The van der Waals surface area contributed by atoms with Crippen molar-refractivity contribution in [3.05, 3.63) is 81.2 Å². The molecule has 0 saturated carbocycles. The minimum absolute atomic E-state index is 0.0528. The van der Waals surface area contributed by atoms with Crippen LogP contribution in [-0.2, 0) is 11.3 Å². The van der Waals surface area contributed by atoms with Crippen LogP contribution in [0.25, 0.3) is 10.2 Å². The van der Waals surface area contributed by atoms with E-state index in [9.17, 15) is 14.4 Å². The number of Topliss-reactive ketones (excluding diaryl/α,β-unsaturated/α-hetero) is 1. The molecule has 0 atom stereocenters. The number of rotatable bonds is 10. The Bertz CT molecular complexity index is 1460. The zero-order valence-electron chi connectivity index (χ0n) is 20.0. The molecule has 0 unspecified atom stereocenters. The zero-order valence-corrected chi connectivity index (χ0v) is 20.8. The Hall–Kier alpha value is -4.18. The van der Waals surface area contributed by atoms with Crippen LogP contribution in [0.4, 0.5) is 0 Å². The average Bonchev–Trinajstić information content (AvgIpc) is 3.25. The van der Waals surface area contributed by atoms with Gasteiger partial charge in [0.25, 0.3) is 5.56 Å². The van der Waals surface area contributed by atoms with E-state index in [0.717, 1.165) is 11.3 Å². The standard InChI is InChI=1S/C26H24N2O7S/c1-16-22-24(36-23(16)26(31)35-12-11-34-17-7-5-4-6-8-17)27-15-28(25(22)30)14-20(29)19-10-9-18(32-2)13-21(19)33-3/h4-10,13,15H,11-12,14H2,1-3H3. The van der Waals surface area contributed by atoms with Crippen molar-refractivity contribution in [3.8, 4) is 17.2 Å². The third-order valence-corrected chi connectivity index (χ3v) is 6.63. The van der Waals surface area contributed by atoms with E-state index >= 15 is 0 Å². The van der Waals surface area contributed by atoms with E-state index in [2.05, 4.69) is 4.98 Å². The molecule has 0 spiro atoms. The van der Waals surface area contributed by atoms with E-state index in [0.29, 0.717) is 33.2 Å². The van der Waals surface area contributed by atoms with Crippen LogP contribution in [0, 0.1) is 6.92 Å². The Morgan fingerprint density at radius 2 is 1.78 bits per heavy atom. The number of para-hydroxylation sites is 1. The second-order valence-corrected chi connectivity index (χ2v) is 8.70. The van der Waals surface area contributed by atoms with E-state index in [4.69, 9.17) is 18.9 Å². The Labute approximate surface area is 210 Å². The molecule has 2 aromatic carbocycles.